The second-order valence-electron chi connectivity index (χ2n) is 3.67. The van der Waals surface area contributed by atoms with Crippen molar-refractivity contribution in [3.8, 4) is 0 Å². The fourth-order valence-corrected chi connectivity index (χ4v) is 2.57. The quantitative estimate of drug-likeness (QED) is 0.883. The molecule has 1 atom stereocenters. The van der Waals surface area contributed by atoms with Crippen molar-refractivity contribution in [2.24, 2.45) is 0 Å². The van der Waals surface area contributed by atoms with Crippen LogP contribution in [0.4, 0.5) is 4.79 Å². The summed E-state index contributed by atoms with van der Waals surface area (Å²) in [5.74, 6) is -0.216. The van der Waals surface area contributed by atoms with Gasteiger partial charge in [-0.3, -0.25) is 14.9 Å². The van der Waals surface area contributed by atoms with Gasteiger partial charge in [-0.1, -0.05) is 35.5 Å². The molecule has 0 aliphatic carbocycles. The summed E-state index contributed by atoms with van der Waals surface area (Å²) in [6.07, 6.45) is 0.530. The molecule has 0 unspecified atom stereocenters. The predicted molar refractivity (Wildman–Crippen MR) is 64.8 cm³/mol. The number of rotatable bonds is 2. The number of carbonyl (C=O) groups is 2. The van der Waals surface area contributed by atoms with Gasteiger partial charge in [0.1, 0.15) is 0 Å². The molecule has 3 nitrogen and oxygen atoms in total. The predicted octanol–water partition coefficient (Wildman–Crippen LogP) is 2.54. The smallest absolute Gasteiger partial charge is 0.286 e. The van der Waals surface area contributed by atoms with Crippen LogP contribution in [0.3, 0.4) is 0 Å². The van der Waals surface area contributed by atoms with E-state index < -0.39 is 0 Å². The van der Waals surface area contributed by atoms with E-state index in [4.69, 9.17) is 11.6 Å². The van der Waals surface area contributed by atoms with E-state index >= 15 is 0 Å². The molecule has 1 N–H and O–H groups in total. The minimum absolute atomic E-state index is 0.216. The third-order valence-corrected chi connectivity index (χ3v) is 3.81. The lowest BCUT2D eigenvalue weighted by Gasteiger charge is -2.06. The SMILES string of the molecule is Cc1ccc(C[C@@H]2SC(=O)NC2=O)cc1Cl. The molecule has 1 aliphatic rings. The number of thioether (sulfide) groups is 1. The standard InChI is InChI=1S/C11H10ClNO2S/c1-6-2-3-7(4-8(6)12)5-9-10(14)13-11(15)16-9/h2-4,9H,5H2,1H3,(H,13,14,15)/t9-/m0/s1. The zero-order chi connectivity index (χ0) is 11.7. The summed E-state index contributed by atoms with van der Waals surface area (Å²) >= 11 is 7.03. The Labute approximate surface area is 103 Å². The van der Waals surface area contributed by atoms with E-state index in [0.29, 0.717) is 11.4 Å². The van der Waals surface area contributed by atoms with Crippen LogP contribution in [0.25, 0.3) is 0 Å². The lowest BCUT2D eigenvalue weighted by molar-refractivity contribution is -0.118. The van der Waals surface area contributed by atoms with Crippen molar-refractivity contribution >= 4 is 34.5 Å². The average Bonchev–Trinajstić information content (AvgIpc) is 2.51. The van der Waals surface area contributed by atoms with Gasteiger partial charge in [0.2, 0.25) is 5.91 Å². The monoisotopic (exact) mass is 255 g/mol. The normalized spacial score (nSPS) is 20.0. The van der Waals surface area contributed by atoms with E-state index in [1.165, 1.54) is 0 Å². The Morgan fingerprint density at radius 3 is 2.75 bits per heavy atom. The molecule has 0 saturated carbocycles. The van der Waals surface area contributed by atoms with E-state index in [-0.39, 0.29) is 16.4 Å². The van der Waals surface area contributed by atoms with Gasteiger partial charge in [0.05, 0.1) is 5.25 Å². The zero-order valence-electron chi connectivity index (χ0n) is 8.62. The summed E-state index contributed by atoms with van der Waals surface area (Å²) < 4.78 is 0. The van der Waals surface area contributed by atoms with Gasteiger partial charge in [0.15, 0.2) is 0 Å². The molecule has 1 fully saturated rings. The van der Waals surface area contributed by atoms with Crippen LogP contribution in [0.2, 0.25) is 5.02 Å². The third kappa shape index (κ3) is 2.39. The highest BCUT2D eigenvalue weighted by atomic mass is 35.5. The number of hydrogen-bond acceptors (Lipinski definition) is 3. The molecule has 1 aromatic carbocycles. The lowest BCUT2D eigenvalue weighted by Crippen LogP contribution is -2.25. The van der Waals surface area contributed by atoms with E-state index in [1.807, 2.05) is 25.1 Å². The Kier molecular flexibility index (Phi) is 3.21. The Balaban J connectivity index is 2.12. The van der Waals surface area contributed by atoms with Crippen LogP contribution in [-0.2, 0) is 11.2 Å². The number of aryl methyl sites for hydroxylation is 1. The second-order valence-corrected chi connectivity index (χ2v) is 5.25. The maximum atomic E-state index is 11.4. The summed E-state index contributed by atoms with van der Waals surface area (Å²) in [6.45, 7) is 1.92. The molecule has 0 aromatic heterocycles. The van der Waals surface area contributed by atoms with E-state index in [9.17, 15) is 9.59 Å². The van der Waals surface area contributed by atoms with Gasteiger partial charge in [-0.15, -0.1) is 0 Å². The van der Waals surface area contributed by atoms with Crippen LogP contribution in [0.15, 0.2) is 18.2 Å². The van der Waals surface area contributed by atoms with E-state index in [1.54, 1.807) is 0 Å². The largest absolute Gasteiger partial charge is 0.286 e. The number of amides is 2. The number of benzene rings is 1. The molecule has 0 spiro atoms. The first-order valence-electron chi connectivity index (χ1n) is 4.83. The van der Waals surface area contributed by atoms with Crippen molar-refractivity contribution in [1.29, 1.82) is 0 Å². The molecule has 1 aliphatic heterocycles. The molecule has 2 amide bonds. The fraction of sp³-hybridized carbons (Fsp3) is 0.273. The summed E-state index contributed by atoms with van der Waals surface area (Å²) in [4.78, 5) is 22.3. The number of imide groups is 1. The summed E-state index contributed by atoms with van der Waals surface area (Å²) in [5.41, 5.74) is 1.97. The minimum atomic E-state index is -0.328. The highest BCUT2D eigenvalue weighted by Gasteiger charge is 2.31. The van der Waals surface area contributed by atoms with Gasteiger partial charge in [0, 0.05) is 5.02 Å². The number of hydrogen-bond donors (Lipinski definition) is 1. The lowest BCUT2D eigenvalue weighted by atomic mass is 10.1. The number of carbonyl (C=O) groups excluding carboxylic acids is 2. The maximum absolute atomic E-state index is 11.4. The molecule has 0 bridgehead atoms. The first-order valence-corrected chi connectivity index (χ1v) is 6.08. The molecule has 84 valence electrons. The van der Waals surface area contributed by atoms with Gasteiger partial charge < -0.3 is 0 Å². The molecule has 0 radical (unpaired) electrons. The van der Waals surface area contributed by atoms with E-state index in [0.717, 1.165) is 22.9 Å². The summed E-state index contributed by atoms with van der Waals surface area (Å²) in [6, 6.07) is 5.68. The van der Waals surface area contributed by atoms with Gasteiger partial charge in [-0.05, 0) is 30.5 Å². The Bertz CT molecular complexity index is 461. The Morgan fingerprint density at radius 2 is 2.19 bits per heavy atom. The topological polar surface area (TPSA) is 46.2 Å². The van der Waals surface area contributed by atoms with Crippen LogP contribution >= 0.6 is 23.4 Å². The van der Waals surface area contributed by atoms with Crippen LogP contribution in [0, 0.1) is 6.92 Å². The molecular formula is C11H10ClNO2S. The van der Waals surface area contributed by atoms with Crippen molar-refractivity contribution in [2.45, 2.75) is 18.6 Å². The highest BCUT2D eigenvalue weighted by molar-refractivity contribution is 8.15. The molecule has 16 heavy (non-hydrogen) atoms. The Morgan fingerprint density at radius 1 is 1.44 bits per heavy atom. The first kappa shape index (κ1) is 11.5. The number of halogens is 1. The van der Waals surface area contributed by atoms with Crippen LogP contribution in [0.1, 0.15) is 11.1 Å². The Hall–Kier alpha value is -1.00. The first-order chi connectivity index (χ1) is 7.56. The highest BCUT2D eigenvalue weighted by Crippen LogP contribution is 2.25. The number of nitrogens with one attached hydrogen (secondary N) is 1. The van der Waals surface area contributed by atoms with Gasteiger partial charge >= 0.3 is 0 Å². The van der Waals surface area contributed by atoms with Crippen molar-refractivity contribution < 1.29 is 9.59 Å². The second kappa shape index (κ2) is 4.47. The van der Waals surface area contributed by atoms with Crippen molar-refractivity contribution in [1.82, 2.24) is 5.32 Å². The van der Waals surface area contributed by atoms with Gasteiger partial charge in [-0.2, -0.15) is 0 Å². The van der Waals surface area contributed by atoms with Crippen molar-refractivity contribution in [3.05, 3.63) is 34.3 Å². The van der Waals surface area contributed by atoms with Crippen LogP contribution < -0.4 is 5.32 Å². The summed E-state index contributed by atoms with van der Waals surface area (Å²) in [7, 11) is 0. The van der Waals surface area contributed by atoms with Crippen molar-refractivity contribution in [2.75, 3.05) is 0 Å². The molecule has 1 heterocycles. The van der Waals surface area contributed by atoms with Gasteiger partial charge in [-0.25, -0.2) is 0 Å². The molecule has 1 saturated heterocycles. The summed E-state index contributed by atoms with van der Waals surface area (Å²) in [5, 5.41) is 2.35. The third-order valence-electron chi connectivity index (χ3n) is 2.42. The minimum Gasteiger partial charge on any atom is -0.286 e. The van der Waals surface area contributed by atoms with E-state index in [2.05, 4.69) is 5.32 Å². The fourth-order valence-electron chi connectivity index (χ4n) is 1.51. The van der Waals surface area contributed by atoms with Crippen LogP contribution in [-0.4, -0.2) is 16.4 Å². The van der Waals surface area contributed by atoms with Gasteiger partial charge in [0.25, 0.3) is 5.24 Å². The zero-order valence-corrected chi connectivity index (χ0v) is 10.2. The average molecular weight is 256 g/mol. The van der Waals surface area contributed by atoms with Crippen LogP contribution in [0.5, 0.6) is 0 Å². The maximum Gasteiger partial charge on any atom is 0.286 e. The van der Waals surface area contributed by atoms with Crippen molar-refractivity contribution in [3.63, 3.8) is 0 Å². The molecule has 5 heteroatoms. The molecule has 1 aromatic rings. The molecular weight excluding hydrogens is 246 g/mol. The molecule has 2 rings (SSSR count).